The van der Waals surface area contributed by atoms with E-state index in [2.05, 4.69) is 10.9 Å². The third-order valence-corrected chi connectivity index (χ3v) is 2.15. The minimum absolute atomic E-state index is 0.0243. The van der Waals surface area contributed by atoms with Crippen LogP contribution in [0.4, 0.5) is 0 Å². The summed E-state index contributed by atoms with van der Waals surface area (Å²) in [5, 5.41) is 9.03. The van der Waals surface area contributed by atoms with E-state index in [1.54, 1.807) is 0 Å². The summed E-state index contributed by atoms with van der Waals surface area (Å²) >= 11 is 0. The van der Waals surface area contributed by atoms with Gasteiger partial charge >= 0.3 is 5.97 Å². The highest BCUT2D eigenvalue weighted by atomic mass is 16.5. The Morgan fingerprint density at radius 2 is 1.95 bits per heavy atom. The van der Waals surface area contributed by atoms with Gasteiger partial charge in [0.15, 0.2) is 6.61 Å². The zero-order valence-electron chi connectivity index (χ0n) is 10.9. The van der Waals surface area contributed by atoms with Crippen LogP contribution in [0.2, 0.25) is 0 Å². The van der Waals surface area contributed by atoms with Gasteiger partial charge in [0.25, 0.3) is 5.91 Å². The maximum atomic E-state index is 11.3. The van der Waals surface area contributed by atoms with Gasteiger partial charge in [-0.2, -0.15) is 0 Å². The van der Waals surface area contributed by atoms with E-state index in [-0.39, 0.29) is 11.3 Å². The molecule has 0 atom stereocenters. The van der Waals surface area contributed by atoms with Gasteiger partial charge in [-0.25, -0.2) is 4.79 Å². The Bertz CT molecular complexity index is 529. The monoisotopic (exact) mass is 282 g/mol. The first-order valence-electron chi connectivity index (χ1n) is 5.53. The summed E-state index contributed by atoms with van der Waals surface area (Å²) in [4.78, 5) is 32.9. The van der Waals surface area contributed by atoms with Crippen LogP contribution >= 0.6 is 0 Å². The fraction of sp³-hybridized carbons (Fsp3) is 0.250. The summed E-state index contributed by atoms with van der Waals surface area (Å²) in [7, 11) is 1.41. The predicted molar refractivity (Wildman–Crippen MR) is 67.4 cm³/mol. The summed E-state index contributed by atoms with van der Waals surface area (Å²) in [6.45, 7) is 0.792. The summed E-state index contributed by atoms with van der Waals surface area (Å²) in [6, 6.07) is 4.17. The van der Waals surface area contributed by atoms with Crippen LogP contribution in [0, 0.1) is 0 Å². The first kappa shape index (κ1) is 15.3. The van der Waals surface area contributed by atoms with Gasteiger partial charge in [-0.05, 0) is 18.2 Å². The van der Waals surface area contributed by atoms with Gasteiger partial charge < -0.3 is 14.6 Å². The van der Waals surface area contributed by atoms with Crippen molar-refractivity contribution in [1.29, 1.82) is 0 Å². The maximum Gasteiger partial charge on any atom is 0.339 e. The number of amides is 2. The van der Waals surface area contributed by atoms with Gasteiger partial charge in [-0.15, -0.1) is 0 Å². The normalized spacial score (nSPS) is 9.50. The summed E-state index contributed by atoms with van der Waals surface area (Å²) < 4.78 is 10.00. The van der Waals surface area contributed by atoms with Crippen molar-refractivity contribution >= 4 is 17.8 Å². The van der Waals surface area contributed by atoms with Crippen LogP contribution in [0.1, 0.15) is 17.3 Å². The van der Waals surface area contributed by atoms with Gasteiger partial charge in [0.1, 0.15) is 17.1 Å². The fourth-order valence-electron chi connectivity index (χ4n) is 1.27. The van der Waals surface area contributed by atoms with Crippen LogP contribution in [0.15, 0.2) is 18.2 Å². The van der Waals surface area contributed by atoms with Crippen molar-refractivity contribution in [1.82, 2.24) is 10.9 Å². The molecule has 1 aromatic rings. The maximum absolute atomic E-state index is 11.3. The first-order chi connectivity index (χ1) is 9.43. The van der Waals surface area contributed by atoms with Gasteiger partial charge in [0.05, 0.1) is 7.11 Å². The molecule has 8 nitrogen and oxygen atoms in total. The van der Waals surface area contributed by atoms with Gasteiger partial charge in [0.2, 0.25) is 5.91 Å². The summed E-state index contributed by atoms with van der Waals surface area (Å²) in [5.41, 5.74) is 4.04. The number of carboxylic acids is 1. The highest BCUT2D eigenvalue weighted by Gasteiger charge is 2.14. The molecule has 20 heavy (non-hydrogen) atoms. The summed E-state index contributed by atoms with van der Waals surface area (Å²) in [6.07, 6.45) is 0. The Labute approximate surface area is 114 Å². The van der Waals surface area contributed by atoms with Crippen LogP contribution in [-0.4, -0.2) is 36.6 Å². The standard InChI is InChI=1S/C12H14N2O6/c1-7(15)13-14-11(16)6-20-10-4-3-8(19-2)5-9(10)12(17)18/h3-5H,6H2,1-2H3,(H,13,15)(H,14,16)(H,17,18). The summed E-state index contributed by atoms with van der Waals surface area (Å²) in [5.74, 6) is -1.88. The fourth-order valence-corrected chi connectivity index (χ4v) is 1.27. The number of carbonyl (C=O) groups is 3. The molecule has 0 aliphatic carbocycles. The Morgan fingerprint density at radius 3 is 2.50 bits per heavy atom. The number of hydrazine groups is 1. The largest absolute Gasteiger partial charge is 0.497 e. The topological polar surface area (TPSA) is 114 Å². The van der Waals surface area contributed by atoms with Gasteiger partial charge in [0, 0.05) is 6.92 Å². The number of carbonyl (C=O) groups excluding carboxylic acids is 2. The van der Waals surface area contributed by atoms with Crippen molar-refractivity contribution in [3.63, 3.8) is 0 Å². The third-order valence-electron chi connectivity index (χ3n) is 2.15. The number of hydrogen-bond acceptors (Lipinski definition) is 5. The molecule has 0 aliphatic heterocycles. The average molecular weight is 282 g/mol. The molecule has 1 aromatic carbocycles. The molecule has 0 fully saturated rings. The van der Waals surface area contributed by atoms with Crippen molar-refractivity contribution in [2.24, 2.45) is 0 Å². The Balaban J connectivity index is 2.70. The van der Waals surface area contributed by atoms with Crippen molar-refractivity contribution in [2.75, 3.05) is 13.7 Å². The van der Waals surface area contributed by atoms with E-state index in [1.807, 2.05) is 0 Å². The molecule has 0 saturated carbocycles. The van der Waals surface area contributed by atoms with E-state index in [9.17, 15) is 14.4 Å². The first-order valence-corrected chi connectivity index (χ1v) is 5.53. The second-order valence-corrected chi connectivity index (χ2v) is 3.69. The molecule has 2 amide bonds. The number of rotatable bonds is 5. The number of hydrogen-bond donors (Lipinski definition) is 3. The van der Waals surface area contributed by atoms with E-state index in [1.165, 1.54) is 32.2 Å². The van der Waals surface area contributed by atoms with Crippen LogP contribution in [0.25, 0.3) is 0 Å². The van der Waals surface area contributed by atoms with Crippen LogP contribution in [0.3, 0.4) is 0 Å². The molecule has 3 N–H and O–H groups in total. The van der Waals surface area contributed by atoms with E-state index in [4.69, 9.17) is 14.6 Å². The zero-order valence-corrected chi connectivity index (χ0v) is 10.9. The molecule has 0 aliphatic rings. The van der Waals surface area contributed by atoms with Gasteiger partial charge in [-0.1, -0.05) is 0 Å². The lowest BCUT2D eigenvalue weighted by molar-refractivity contribution is -0.129. The zero-order chi connectivity index (χ0) is 15.1. The molecule has 0 unspecified atom stereocenters. The van der Waals surface area contributed by atoms with Crippen molar-refractivity contribution < 1.29 is 29.0 Å². The molecule has 0 aromatic heterocycles. The molecule has 0 heterocycles. The Kier molecular flexibility index (Phi) is 5.33. The van der Waals surface area contributed by atoms with Crippen molar-refractivity contribution in [3.05, 3.63) is 23.8 Å². The van der Waals surface area contributed by atoms with Crippen molar-refractivity contribution in [3.8, 4) is 11.5 Å². The number of benzene rings is 1. The second-order valence-electron chi connectivity index (χ2n) is 3.69. The molecule has 0 saturated heterocycles. The molecular formula is C12H14N2O6. The lowest BCUT2D eigenvalue weighted by Crippen LogP contribution is -2.42. The molecule has 1 rings (SSSR count). The third kappa shape index (κ3) is 4.48. The molecular weight excluding hydrogens is 268 g/mol. The number of carboxylic acid groups (broad SMARTS) is 1. The Hall–Kier alpha value is -2.77. The average Bonchev–Trinajstić information content (AvgIpc) is 2.42. The lowest BCUT2D eigenvalue weighted by atomic mass is 10.2. The molecule has 0 bridgehead atoms. The minimum Gasteiger partial charge on any atom is -0.497 e. The number of ether oxygens (including phenoxy) is 2. The SMILES string of the molecule is COc1ccc(OCC(=O)NNC(C)=O)c(C(=O)O)c1. The molecule has 108 valence electrons. The predicted octanol–water partition coefficient (Wildman–Crippen LogP) is -0.0605. The Morgan fingerprint density at radius 1 is 1.25 bits per heavy atom. The smallest absolute Gasteiger partial charge is 0.339 e. The van der Waals surface area contributed by atoms with Crippen molar-refractivity contribution in [2.45, 2.75) is 6.92 Å². The van der Waals surface area contributed by atoms with E-state index in [0.29, 0.717) is 5.75 Å². The quantitative estimate of drug-likeness (QED) is 0.652. The van der Waals surface area contributed by atoms with E-state index >= 15 is 0 Å². The van der Waals surface area contributed by atoms with E-state index in [0.717, 1.165) is 0 Å². The molecule has 0 spiro atoms. The van der Waals surface area contributed by atoms with E-state index < -0.39 is 24.4 Å². The van der Waals surface area contributed by atoms with Gasteiger partial charge in [-0.3, -0.25) is 20.4 Å². The number of nitrogens with one attached hydrogen (secondary N) is 2. The lowest BCUT2D eigenvalue weighted by Gasteiger charge is -2.10. The molecule has 0 radical (unpaired) electrons. The second kappa shape index (κ2) is 6.98. The highest BCUT2D eigenvalue weighted by molar-refractivity contribution is 5.91. The number of methoxy groups -OCH3 is 1. The molecule has 8 heteroatoms. The van der Waals surface area contributed by atoms with Crippen LogP contribution in [0.5, 0.6) is 11.5 Å². The van der Waals surface area contributed by atoms with Crippen LogP contribution < -0.4 is 20.3 Å². The number of aromatic carboxylic acids is 1. The minimum atomic E-state index is -1.21. The highest BCUT2D eigenvalue weighted by Crippen LogP contribution is 2.24. The van der Waals surface area contributed by atoms with Crippen LogP contribution in [-0.2, 0) is 9.59 Å².